The first-order chi connectivity index (χ1) is 17.7. The highest BCUT2D eigenvalue weighted by molar-refractivity contribution is 6.26. The molecule has 3 saturated carbocycles. The maximum Gasteiger partial charge on any atom is 0.261 e. The third-order valence-electron chi connectivity index (χ3n) is 10.5. The van der Waals surface area contributed by atoms with Gasteiger partial charge < -0.3 is 20.4 Å². The van der Waals surface area contributed by atoms with Crippen molar-refractivity contribution in [2.75, 3.05) is 13.6 Å². The van der Waals surface area contributed by atoms with E-state index in [0.29, 0.717) is 49.5 Å². The van der Waals surface area contributed by atoms with Gasteiger partial charge in [0.05, 0.1) is 12.1 Å². The molecule has 0 radical (unpaired) electrons. The van der Waals surface area contributed by atoms with Crippen molar-refractivity contribution in [1.82, 2.24) is 10.2 Å². The van der Waals surface area contributed by atoms with E-state index in [9.17, 15) is 24.6 Å². The third-order valence-corrected chi connectivity index (χ3v) is 10.5. The highest BCUT2D eigenvalue weighted by Crippen LogP contribution is 2.62. The van der Waals surface area contributed by atoms with E-state index in [1.54, 1.807) is 13.1 Å². The van der Waals surface area contributed by atoms with Crippen molar-refractivity contribution >= 4 is 17.6 Å². The Bertz CT molecular complexity index is 1030. The minimum atomic E-state index is -0.629. The quantitative estimate of drug-likeness (QED) is 0.468. The summed E-state index contributed by atoms with van der Waals surface area (Å²) in [4.78, 5) is 39.7. The van der Waals surface area contributed by atoms with Gasteiger partial charge in [-0.25, -0.2) is 0 Å². The molecule has 7 nitrogen and oxygen atoms in total. The number of hydrogen-bond donors (Lipinski definition) is 3. The molecule has 3 aliphatic carbocycles. The highest BCUT2D eigenvalue weighted by Gasteiger charge is 2.58. The third kappa shape index (κ3) is 4.58. The first-order valence-electron chi connectivity index (χ1n) is 14.3. The van der Waals surface area contributed by atoms with E-state index in [-0.39, 0.29) is 40.8 Å². The smallest absolute Gasteiger partial charge is 0.261 e. The first-order valence-corrected chi connectivity index (χ1v) is 14.3. The van der Waals surface area contributed by atoms with Crippen LogP contribution in [0, 0.1) is 47.3 Å². The van der Waals surface area contributed by atoms with Crippen LogP contribution in [-0.2, 0) is 14.4 Å². The second-order valence-electron chi connectivity index (χ2n) is 12.2. The average Bonchev–Trinajstić information content (AvgIpc) is 3.46. The highest BCUT2D eigenvalue weighted by atomic mass is 16.3. The number of amides is 2. The van der Waals surface area contributed by atoms with Crippen LogP contribution in [0.25, 0.3) is 0 Å². The number of nitrogens with zero attached hydrogens (tertiary/aromatic N) is 1. The number of Topliss-reactive ketones (excluding diaryl/α,β-unsaturated/α-hetero) is 1. The van der Waals surface area contributed by atoms with E-state index in [0.717, 1.165) is 18.8 Å². The Labute approximate surface area is 220 Å². The van der Waals surface area contributed by atoms with Crippen LogP contribution in [0.5, 0.6) is 0 Å². The lowest BCUT2D eigenvalue weighted by Gasteiger charge is -2.44. The van der Waals surface area contributed by atoms with Gasteiger partial charge in [0.25, 0.3) is 5.91 Å². The predicted molar refractivity (Wildman–Crippen MR) is 140 cm³/mol. The van der Waals surface area contributed by atoms with Gasteiger partial charge in [-0.1, -0.05) is 32.4 Å². The Morgan fingerprint density at radius 1 is 1.08 bits per heavy atom. The summed E-state index contributed by atoms with van der Waals surface area (Å²) >= 11 is 0. The van der Waals surface area contributed by atoms with Crippen molar-refractivity contribution in [3.63, 3.8) is 0 Å². The molecule has 5 rings (SSSR count). The number of nitrogens with one attached hydrogen (secondary N) is 1. The molecule has 0 unspecified atom stereocenters. The van der Waals surface area contributed by atoms with Gasteiger partial charge in [0, 0.05) is 13.6 Å². The zero-order chi connectivity index (χ0) is 26.4. The lowest BCUT2D eigenvalue weighted by molar-refractivity contribution is -0.125. The molecule has 0 aromatic heterocycles. The van der Waals surface area contributed by atoms with Gasteiger partial charge in [0.2, 0.25) is 5.91 Å². The zero-order valence-electron chi connectivity index (χ0n) is 22.3. The topological polar surface area (TPSA) is 107 Å². The molecule has 2 aliphatic heterocycles. The summed E-state index contributed by atoms with van der Waals surface area (Å²) < 4.78 is 0. The number of aliphatic hydroxyl groups is 2. The summed E-state index contributed by atoms with van der Waals surface area (Å²) in [6.45, 7) is 5.06. The van der Waals surface area contributed by atoms with Crippen LogP contribution >= 0.6 is 0 Å². The summed E-state index contributed by atoms with van der Waals surface area (Å²) in [6.07, 6.45) is 12.4. The zero-order valence-corrected chi connectivity index (χ0v) is 22.3. The fourth-order valence-electron chi connectivity index (χ4n) is 8.78. The Morgan fingerprint density at radius 2 is 1.86 bits per heavy atom. The molecule has 2 heterocycles. The normalized spacial score (nSPS) is 46.3. The van der Waals surface area contributed by atoms with Crippen molar-refractivity contribution in [3.05, 3.63) is 35.6 Å². The molecule has 0 aromatic carbocycles. The number of fused-ring (bicyclic) bond motifs is 7. The van der Waals surface area contributed by atoms with Gasteiger partial charge in [-0.2, -0.15) is 0 Å². The SMILES string of the molecule is CC[C@@H]1C[C@H]2C[C@H]3[C@@H]4C/C=C\C(=O)NCCC[C@H]5C(=O)/C(=C(O)\C=C\[C@H]4C[C@@H](O)[C@@H]3[C@H]2[C@@H]1C)C(=O)N5C. The second-order valence-corrected chi connectivity index (χ2v) is 12.2. The molecule has 5 aliphatic rings. The summed E-state index contributed by atoms with van der Waals surface area (Å²) in [6, 6.07) is -0.629. The predicted octanol–water partition coefficient (Wildman–Crippen LogP) is 3.55. The first kappa shape index (κ1) is 26.2. The molecule has 1 saturated heterocycles. The van der Waals surface area contributed by atoms with Gasteiger partial charge in [-0.3, -0.25) is 14.4 Å². The van der Waals surface area contributed by atoms with Crippen LogP contribution in [0.2, 0.25) is 0 Å². The minimum absolute atomic E-state index is 0.0177. The Hall–Kier alpha value is -2.41. The van der Waals surface area contributed by atoms with Crippen molar-refractivity contribution in [1.29, 1.82) is 0 Å². The Kier molecular flexibility index (Phi) is 7.36. The molecule has 2 bridgehead atoms. The van der Waals surface area contributed by atoms with E-state index in [1.807, 2.05) is 12.2 Å². The van der Waals surface area contributed by atoms with Gasteiger partial charge in [0.15, 0.2) is 5.78 Å². The number of likely N-dealkylation sites (tertiary alicyclic amines) is 1. The number of ketones is 1. The van der Waals surface area contributed by atoms with E-state index >= 15 is 0 Å². The number of allylic oxidation sites excluding steroid dienone is 3. The Morgan fingerprint density at radius 3 is 2.62 bits per heavy atom. The van der Waals surface area contributed by atoms with Gasteiger partial charge >= 0.3 is 0 Å². The molecule has 202 valence electrons. The van der Waals surface area contributed by atoms with E-state index in [4.69, 9.17) is 0 Å². The van der Waals surface area contributed by atoms with Gasteiger partial charge in [-0.05, 0) is 98.0 Å². The molecule has 3 N–H and O–H groups in total. The van der Waals surface area contributed by atoms with Crippen molar-refractivity contribution in [3.8, 4) is 0 Å². The number of carbonyl (C=O) groups is 3. The monoisotopic (exact) mass is 510 g/mol. The molecule has 4 fully saturated rings. The van der Waals surface area contributed by atoms with Crippen LogP contribution < -0.4 is 5.32 Å². The molecular weight excluding hydrogens is 468 g/mol. The summed E-state index contributed by atoms with van der Waals surface area (Å²) in [5.41, 5.74) is -0.152. The average molecular weight is 511 g/mol. The van der Waals surface area contributed by atoms with E-state index in [2.05, 4.69) is 19.2 Å². The molecule has 0 aromatic rings. The van der Waals surface area contributed by atoms with Crippen LogP contribution in [0.1, 0.15) is 58.8 Å². The second kappa shape index (κ2) is 10.4. The molecular formula is C30H42N2O5. The molecule has 0 spiro atoms. The number of aliphatic hydroxyl groups excluding tert-OH is 2. The fourth-order valence-corrected chi connectivity index (χ4v) is 8.78. The van der Waals surface area contributed by atoms with Crippen molar-refractivity contribution in [2.24, 2.45) is 47.3 Å². The van der Waals surface area contributed by atoms with Gasteiger partial charge in [0.1, 0.15) is 11.3 Å². The number of rotatable bonds is 1. The lowest BCUT2D eigenvalue weighted by Crippen LogP contribution is -2.43. The largest absolute Gasteiger partial charge is 0.507 e. The number of likely N-dealkylation sites (N-methyl/N-ethyl adjacent to an activating group) is 1. The van der Waals surface area contributed by atoms with Gasteiger partial charge in [-0.15, -0.1) is 0 Å². The van der Waals surface area contributed by atoms with Crippen LogP contribution in [0.4, 0.5) is 0 Å². The number of carbonyl (C=O) groups excluding carboxylic acids is 3. The lowest BCUT2D eigenvalue weighted by atomic mass is 9.62. The maximum absolute atomic E-state index is 13.0. The minimum Gasteiger partial charge on any atom is -0.507 e. The standard InChI is InChI=1S/C30H42N2O5/c1-4-17-13-19-14-21-20-7-5-9-25(35)31-12-6-8-22-29(36)28(30(37)32(22)3)23(33)11-10-18(20)15-24(34)27(21)26(19)16(17)2/h5,9-11,16-22,24,26-27,33-34H,4,6-8,12-15H2,1-3H3,(H,31,35)/b9-5-,11-10+,28-23-/t16-,17-,18+,19+,20-,21+,22+,24-,26+,27-/m1/s1. The summed E-state index contributed by atoms with van der Waals surface area (Å²) in [7, 11) is 1.58. The molecule has 2 amide bonds. The molecule has 7 heteroatoms. The van der Waals surface area contributed by atoms with E-state index in [1.165, 1.54) is 23.8 Å². The summed E-state index contributed by atoms with van der Waals surface area (Å²) in [5.74, 6) is 2.08. The van der Waals surface area contributed by atoms with E-state index < -0.39 is 18.1 Å². The fraction of sp³-hybridized carbons (Fsp3) is 0.700. The summed E-state index contributed by atoms with van der Waals surface area (Å²) in [5, 5.41) is 25.2. The Balaban J connectivity index is 1.47. The number of hydrogen-bond acceptors (Lipinski definition) is 5. The van der Waals surface area contributed by atoms with Crippen molar-refractivity contribution < 1.29 is 24.6 Å². The molecule has 10 atom stereocenters. The van der Waals surface area contributed by atoms with Crippen LogP contribution in [-0.4, -0.2) is 58.4 Å². The van der Waals surface area contributed by atoms with Crippen LogP contribution in [0.15, 0.2) is 35.6 Å². The maximum atomic E-state index is 13.0. The van der Waals surface area contributed by atoms with Crippen molar-refractivity contribution in [2.45, 2.75) is 70.9 Å². The molecule has 37 heavy (non-hydrogen) atoms. The van der Waals surface area contributed by atoms with Crippen LogP contribution in [0.3, 0.4) is 0 Å².